The Hall–Kier alpha value is -1.63. The number of aryl methyl sites for hydroxylation is 1. The van der Waals surface area contributed by atoms with Crippen molar-refractivity contribution in [3.05, 3.63) is 29.6 Å². The second-order valence-electron chi connectivity index (χ2n) is 3.73. The first-order valence-electron chi connectivity index (χ1n) is 5.11. The number of amides is 1. The molecule has 0 unspecified atom stereocenters. The number of halogens is 4. The van der Waals surface area contributed by atoms with Gasteiger partial charge in [0.2, 0.25) is 5.91 Å². The molecule has 0 saturated carbocycles. The Labute approximate surface area is 101 Å². The van der Waals surface area contributed by atoms with E-state index in [0.717, 1.165) is 0 Å². The fraction of sp³-hybridized carbons (Fsp3) is 0.364. The van der Waals surface area contributed by atoms with Crippen LogP contribution < -0.4 is 10.6 Å². The fourth-order valence-corrected chi connectivity index (χ4v) is 1.25. The molecular formula is C11H12F4N2O. The van der Waals surface area contributed by atoms with Gasteiger partial charge in [0.1, 0.15) is 5.82 Å². The van der Waals surface area contributed by atoms with Crippen molar-refractivity contribution in [3.63, 3.8) is 0 Å². The van der Waals surface area contributed by atoms with Crippen LogP contribution in [0.3, 0.4) is 0 Å². The molecule has 1 amide bonds. The minimum Gasteiger partial charge on any atom is -0.325 e. The van der Waals surface area contributed by atoms with Gasteiger partial charge in [0.15, 0.2) is 0 Å². The summed E-state index contributed by atoms with van der Waals surface area (Å²) >= 11 is 0. The standard InChI is InChI=1S/C11H12F4N2O/c1-7-4-8(2-3-9(7)12)17-10(18)5-16-6-11(13,14)15/h2-4,16H,5-6H2,1H3,(H,17,18). The summed E-state index contributed by atoms with van der Waals surface area (Å²) in [5.41, 5.74) is 0.684. The normalized spacial score (nSPS) is 11.4. The summed E-state index contributed by atoms with van der Waals surface area (Å²) in [6.45, 7) is -0.175. The van der Waals surface area contributed by atoms with E-state index in [0.29, 0.717) is 11.3 Å². The number of benzene rings is 1. The van der Waals surface area contributed by atoms with E-state index < -0.39 is 31.0 Å². The van der Waals surface area contributed by atoms with Crippen LogP contribution in [0, 0.1) is 12.7 Å². The van der Waals surface area contributed by atoms with Crippen LogP contribution >= 0.6 is 0 Å². The van der Waals surface area contributed by atoms with E-state index in [1.165, 1.54) is 25.1 Å². The van der Waals surface area contributed by atoms with Crippen molar-refractivity contribution >= 4 is 11.6 Å². The van der Waals surface area contributed by atoms with Gasteiger partial charge in [-0.3, -0.25) is 4.79 Å². The molecule has 0 heterocycles. The third-order valence-electron chi connectivity index (χ3n) is 2.05. The molecule has 0 aromatic heterocycles. The quantitative estimate of drug-likeness (QED) is 0.819. The van der Waals surface area contributed by atoms with Crippen LogP contribution in [0.15, 0.2) is 18.2 Å². The fourth-order valence-electron chi connectivity index (χ4n) is 1.25. The Morgan fingerprint density at radius 3 is 2.56 bits per heavy atom. The number of anilines is 1. The third-order valence-corrected chi connectivity index (χ3v) is 2.05. The van der Waals surface area contributed by atoms with Crippen molar-refractivity contribution in [1.29, 1.82) is 0 Å². The number of nitrogens with one attached hydrogen (secondary N) is 2. The van der Waals surface area contributed by atoms with Crippen molar-refractivity contribution in [2.75, 3.05) is 18.4 Å². The molecule has 0 radical (unpaired) electrons. The first-order chi connectivity index (χ1) is 8.28. The lowest BCUT2D eigenvalue weighted by atomic mass is 10.2. The molecule has 2 N–H and O–H groups in total. The Balaban J connectivity index is 2.42. The van der Waals surface area contributed by atoms with Crippen LogP contribution in [0.1, 0.15) is 5.56 Å². The van der Waals surface area contributed by atoms with Gasteiger partial charge in [-0.05, 0) is 30.7 Å². The van der Waals surface area contributed by atoms with E-state index in [1.807, 2.05) is 5.32 Å². The van der Waals surface area contributed by atoms with Crippen LogP contribution in [-0.4, -0.2) is 25.2 Å². The number of alkyl halides is 3. The van der Waals surface area contributed by atoms with E-state index in [9.17, 15) is 22.4 Å². The largest absolute Gasteiger partial charge is 0.401 e. The minimum absolute atomic E-state index is 0.340. The average Bonchev–Trinajstić information content (AvgIpc) is 2.21. The first kappa shape index (κ1) is 14.4. The van der Waals surface area contributed by atoms with Crippen molar-refractivity contribution in [2.24, 2.45) is 0 Å². The maximum Gasteiger partial charge on any atom is 0.401 e. The molecule has 3 nitrogen and oxygen atoms in total. The molecule has 0 aliphatic carbocycles. The third kappa shape index (κ3) is 5.13. The van der Waals surface area contributed by atoms with Crippen molar-refractivity contribution in [3.8, 4) is 0 Å². The summed E-state index contributed by atoms with van der Waals surface area (Å²) in [6, 6.07) is 3.91. The lowest BCUT2D eigenvalue weighted by Crippen LogP contribution is -2.35. The molecule has 0 aliphatic rings. The van der Waals surface area contributed by atoms with Gasteiger partial charge in [-0.1, -0.05) is 0 Å². The van der Waals surface area contributed by atoms with Gasteiger partial charge in [0, 0.05) is 5.69 Å². The molecule has 1 rings (SSSR count). The lowest BCUT2D eigenvalue weighted by Gasteiger charge is -2.09. The van der Waals surface area contributed by atoms with Crippen LogP contribution in [0.2, 0.25) is 0 Å². The predicted octanol–water partition coefficient (Wildman–Crippen LogP) is 2.22. The second-order valence-corrected chi connectivity index (χ2v) is 3.73. The smallest absolute Gasteiger partial charge is 0.325 e. The molecule has 0 fully saturated rings. The zero-order valence-electron chi connectivity index (χ0n) is 9.57. The zero-order chi connectivity index (χ0) is 13.8. The van der Waals surface area contributed by atoms with E-state index in [-0.39, 0.29) is 0 Å². The van der Waals surface area contributed by atoms with E-state index in [1.54, 1.807) is 0 Å². The Bertz CT molecular complexity index is 432. The SMILES string of the molecule is Cc1cc(NC(=O)CNCC(F)(F)F)ccc1F. The van der Waals surface area contributed by atoms with Crippen molar-refractivity contribution < 1.29 is 22.4 Å². The van der Waals surface area contributed by atoms with Crippen molar-refractivity contribution in [1.82, 2.24) is 5.32 Å². The van der Waals surface area contributed by atoms with Gasteiger partial charge >= 0.3 is 6.18 Å². The van der Waals surface area contributed by atoms with Gasteiger partial charge in [-0.2, -0.15) is 13.2 Å². The molecular weight excluding hydrogens is 252 g/mol. The minimum atomic E-state index is -4.35. The summed E-state index contributed by atoms with van der Waals surface area (Å²) in [6.07, 6.45) is -4.35. The van der Waals surface area contributed by atoms with E-state index >= 15 is 0 Å². The highest BCUT2D eigenvalue weighted by Gasteiger charge is 2.26. The number of rotatable bonds is 4. The van der Waals surface area contributed by atoms with Crippen LogP contribution in [-0.2, 0) is 4.79 Å². The van der Waals surface area contributed by atoms with Crippen LogP contribution in [0.25, 0.3) is 0 Å². The lowest BCUT2D eigenvalue weighted by molar-refractivity contribution is -0.126. The van der Waals surface area contributed by atoms with E-state index in [4.69, 9.17) is 0 Å². The average molecular weight is 264 g/mol. The summed E-state index contributed by atoms with van der Waals surface area (Å²) in [4.78, 5) is 11.3. The molecule has 1 aromatic rings. The van der Waals surface area contributed by atoms with Gasteiger partial charge < -0.3 is 10.6 Å². The first-order valence-corrected chi connectivity index (χ1v) is 5.11. The maximum atomic E-state index is 12.9. The number of carbonyl (C=O) groups is 1. The zero-order valence-corrected chi connectivity index (χ0v) is 9.57. The molecule has 0 bridgehead atoms. The summed E-state index contributed by atoms with van der Waals surface area (Å²) in [7, 11) is 0. The molecule has 0 saturated heterocycles. The second kappa shape index (κ2) is 5.81. The summed E-state index contributed by atoms with van der Waals surface area (Å²) < 4.78 is 48.3. The molecule has 0 atom stereocenters. The molecule has 1 aromatic carbocycles. The van der Waals surface area contributed by atoms with Gasteiger partial charge in [0.05, 0.1) is 13.1 Å². The highest BCUT2D eigenvalue weighted by Crippen LogP contribution is 2.14. The van der Waals surface area contributed by atoms with Gasteiger partial charge in [0.25, 0.3) is 0 Å². The Morgan fingerprint density at radius 1 is 1.33 bits per heavy atom. The molecule has 0 spiro atoms. The van der Waals surface area contributed by atoms with Crippen molar-refractivity contribution in [2.45, 2.75) is 13.1 Å². The predicted molar refractivity (Wildman–Crippen MR) is 58.7 cm³/mol. The monoisotopic (exact) mass is 264 g/mol. The van der Waals surface area contributed by atoms with Crippen LogP contribution in [0.5, 0.6) is 0 Å². The molecule has 0 aliphatic heterocycles. The Kier molecular flexibility index (Phi) is 4.66. The van der Waals surface area contributed by atoms with Gasteiger partial charge in [-0.25, -0.2) is 4.39 Å². The molecule has 18 heavy (non-hydrogen) atoms. The maximum absolute atomic E-state index is 12.9. The van der Waals surface area contributed by atoms with Crippen LogP contribution in [0.4, 0.5) is 23.2 Å². The topological polar surface area (TPSA) is 41.1 Å². The van der Waals surface area contributed by atoms with Gasteiger partial charge in [-0.15, -0.1) is 0 Å². The highest BCUT2D eigenvalue weighted by molar-refractivity contribution is 5.92. The Morgan fingerprint density at radius 2 is 2.00 bits per heavy atom. The number of hydrogen-bond donors (Lipinski definition) is 2. The van der Waals surface area contributed by atoms with E-state index in [2.05, 4.69) is 5.32 Å². The number of hydrogen-bond acceptors (Lipinski definition) is 2. The molecule has 100 valence electrons. The summed E-state index contributed by atoms with van der Waals surface area (Å²) in [5, 5.41) is 4.32. The highest BCUT2D eigenvalue weighted by atomic mass is 19.4. The number of carbonyl (C=O) groups excluding carboxylic acids is 1. The summed E-state index contributed by atoms with van der Waals surface area (Å²) in [5.74, 6) is -1.03. The molecule has 7 heteroatoms.